The van der Waals surface area contributed by atoms with Gasteiger partial charge in [0.15, 0.2) is 0 Å². The molecule has 0 saturated heterocycles. The topological polar surface area (TPSA) is 15.6 Å². The highest BCUT2D eigenvalue weighted by molar-refractivity contribution is 5.84. The van der Waals surface area contributed by atoms with E-state index in [-0.39, 0.29) is 0 Å². The molecule has 0 saturated carbocycles. The lowest BCUT2D eigenvalue weighted by molar-refractivity contribution is 0.704. The Morgan fingerprint density at radius 3 is 2.67 bits per heavy atom. The van der Waals surface area contributed by atoms with Gasteiger partial charge in [0, 0.05) is 32.0 Å². The minimum absolute atomic E-state index is 0.843. The summed E-state index contributed by atoms with van der Waals surface area (Å²) < 4.78 is 0. The molecule has 0 amide bonds. The fraction of sp³-hybridized carbons (Fsp3) is 0.562. The van der Waals surface area contributed by atoms with Gasteiger partial charge < -0.3 is 4.90 Å². The monoisotopic (exact) mass is 246 g/mol. The summed E-state index contributed by atoms with van der Waals surface area (Å²) in [4.78, 5) is 6.69. The molecule has 0 bridgehead atoms. The van der Waals surface area contributed by atoms with Gasteiger partial charge in [-0.25, -0.2) is 0 Å². The van der Waals surface area contributed by atoms with Gasteiger partial charge in [0.25, 0.3) is 0 Å². The van der Waals surface area contributed by atoms with Crippen LogP contribution in [0, 0.1) is 6.92 Å². The molecule has 0 spiro atoms. The lowest BCUT2D eigenvalue weighted by Gasteiger charge is -2.22. The lowest BCUT2D eigenvalue weighted by atomic mass is 10.1. The Hall–Kier alpha value is -1.31. The molecule has 0 aliphatic rings. The van der Waals surface area contributed by atoms with Gasteiger partial charge in [-0.1, -0.05) is 31.9 Å². The number of hydrogen-bond acceptors (Lipinski definition) is 2. The smallest absolute Gasteiger partial charge is 0.0399 e. The number of benzene rings is 1. The number of nitrogens with zero attached hydrogens (tertiary/aromatic N) is 2. The van der Waals surface area contributed by atoms with Crippen LogP contribution in [0.15, 0.2) is 23.2 Å². The molecule has 0 aliphatic heterocycles. The minimum Gasteiger partial charge on any atom is -0.374 e. The third-order valence-corrected chi connectivity index (χ3v) is 3.27. The highest BCUT2D eigenvalue weighted by Gasteiger charge is 2.06. The maximum absolute atomic E-state index is 4.34. The van der Waals surface area contributed by atoms with E-state index in [1.165, 1.54) is 36.1 Å². The summed E-state index contributed by atoms with van der Waals surface area (Å²) in [6, 6.07) is 6.46. The van der Waals surface area contributed by atoms with Gasteiger partial charge in [0.2, 0.25) is 0 Å². The molecule has 0 radical (unpaired) electrons. The van der Waals surface area contributed by atoms with Gasteiger partial charge in [0.1, 0.15) is 0 Å². The number of aliphatic imine (C=N–C) groups is 1. The Morgan fingerprint density at radius 2 is 2.00 bits per heavy atom. The molecular formula is C16H26N2. The molecule has 0 aliphatic carbocycles. The van der Waals surface area contributed by atoms with E-state index < -0.39 is 0 Å². The molecular weight excluding hydrogens is 220 g/mol. The van der Waals surface area contributed by atoms with Crippen LogP contribution >= 0.6 is 0 Å². The number of anilines is 1. The molecule has 0 aromatic heterocycles. The molecule has 18 heavy (non-hydrogen) atoms. The Kier molecular flexibility index (Phi) is 6.48. The van der Waals surface area contributed by atoms with Crippen LogP contribution in [-0.2, 0) is 0 Å². The largest absolute Gasteiger partial charge is 0.374 e. The van der Waals surface area contributed by atoms with E-state index in [1.807, 2.05) is 6.21 Å². The van der Waals surface area contributed by atoms with Gasteiger partial charge in [-0.2, -0.15) is 0 Å². The third-order valence-electron chi connectivity index (χ3n) is 3.27. The minimum atomic E-state index is 0.843. The molecule has 100 valence electrons. The second kappa shape index (κ2) is 7.91. The quantitative estimate of drug-likeness (QED) is 0.523. The van der Waals surface area contributed by atoms with Crippen molar-refractivity contribution in [1.29, 1.82) is 0 Å². The molecule has 0 unspecified atom stereocenters. The van der Waals surface area contributed by atoms with Crippen LogP contribution in [0.3, 0.4) is 0 Å². The van der Waals surface area contributed by atoms with Crippen LogP contribution < -0.4 is 4.90 Å². The van der Waals surface area contributed by atoms with E-state index in [2.05, 4.69) is 55.9 Å². The summed E-state index contributed by atoms with van der Waals surface area (Å²) in [7, 11) is 2.18. The molecule has 0 atom stereocenters. The van der Waals surface area contributed by atoms with Crippen molar-refractivity contribution in [2.24, 2.45) is 4.99 Å². The van der Waals surface area contributed by atoms with E-state index in [1.54, 1.807) is 0 Å². The van der Waals surface area contributed by atoms with Crippen molar-refractivity contribution in [3.05, 3.63) is 29.3 Å². The Bertz CT molecular complexity index is 383. The van der Waals surface area contributed by atoms with E-state index in [0.717, 1.165) is 13.1 Å². The first-order chi connectivity index (χ1) is 8.70. The number of hydrogen-bond donors (Lipinski definition) is 0. The average Bonchev–Trinajstić information content (AvgIpc) is 2.37. The van der Waals surface area contributed by atoms with Crippen molar-refractivity contribution >= 4 is 11.9 Å². The number of rotatable bonds is 7. The zero-order valence-electron chi connectivity index (χ0n) is 12.2. The van der Waals surface area contributed by atoms with Crippen LogP contribution in [-0.4, -0.2) is 26.4 Å². The average molecular weight is 246 g/mol. The summed E-state index contributed by atoms with van der Waals surface area (Å²) in [6.07, 6.45) is 5.83. The normalized spacial score (nSPS) is 11.1. The third kappa shape index (κ3) is 4.17. The fourth-order valence-corrected chi connectivity index (χ4v) is 2.10. The van der Waals surface area contributed by atoms with E-state index in [4.69, 9.17) is 0 Å². The van der Waals surface area contributed by atoms with Crippen molar-refractivity contribution in [1.82, 2.24) is 0 Å². The van der Waals surface area contributed by atoms with Crippen LogP contribution in [0.1, 0.15) is 44.2 Å². The summed E-state index contributed by atoms with van der Waals surface area (Å²) >= 11 is 0. The van der Waals surface area contributed by atoms with Gasteiger partial charge in [0.05, 0.1) is 0 Å². The standard InChI is InChI=1S/C16H26N2/c1-5-7-8-12-18(4)16-11-9-10-15(14(16)3)13-17-6-2/h9-11,13H,5-8,12H2,1-4H3. The van der Waals surface area contributed by atoms with Crippen molar-refractivity contribution in [3.8, 4) is 0 Å². The van der Waals surface area contributed by atoms with Crippen molar-refractivity contribution in [2.45, 2.75) is 40.0 Å². The van der Waals surface area contributed by atoms with Crippen LogP contribution in [0.2, 0.25) is 0 Å². The highest BCUT2D eigenvalue weighted by Crippen LogP contribution is 2.21. The molecule has 0 fully saturated rings. The van der Waals surface area contributed by atoms with E-state index >= 15 is 0 Å². The zero-order valence-corrected chi connectivity index (χ0v) is 12.2. The van der Waals surface area contributed by atoms with Crippen LogP contribution in [0.4, 0.5) is 5.69 Å². The van der Waals surface area contributed by atoms with Gasteiger partial charge in [-0.3, -0.25) is 4.99 Å². The first kappa shape index (κ1) is 14.7. The van der Waals surface area contributed by atoms with Crippen LogP contribution in [0.5, 0.6) is 0 Å². The van der Waals surface area contributed by atoms with E-state index in [0.29, 0.717) is 0 Å². The summed E-state index contributed by atoms with van der Waals surface area (Å²) in [5, 5.41) is 0. The van der Waals surface area contributed by atoms with Gasteiger partial charge in [-0.05, 0) is 37.5 Å². The van der Waals surface area contributed by atoms with E-state index in [9.17, 15) is 0 Å². The molecule has 1 rings (SSSR count). The van der Waals surface area contributed by atoms with Gasteiger partial charge in [-0.15, -0.1) is 0 Å². The highest BCUT2D eigenvalue weighted by atomic mass is 15.1. The fourth-order valence-electron chi connectivity index (χ4n) is 2.10. The lowest BCUT2D eigenvalue weighted by Crippen LogP contribution is -2.19. The first-order valence-electron chi connectivity index (χ1n) is 7.01. The molecule has 0 heterocycles. The summed E-state index contributed by atoms with van der Waals surface area (Å²) in [5.74, 6) is 0. The molecule has 1 aromatic rings. The number of unbranched alkanes of at least 4 members (excludes halogenated alkanes) is 2. The predicted octanol–water partition coefficient (Wildman–Crippen LogP) is 4.06. The molecule has 1 aromatic carbocycles. The second-order valence-corrected chi connectivity index (χ2v) is 4.75. The second-order valence-electron chi connectivity index (χ2n) is 4.75. The van der Waals surface area contributed by atoms with Crippen molar-refractivity contribution in [3.63, 3.8) is 0 Å². The van der Waals surface area contributed by atoms with Crippen LogP contribution in [0.25, 0.3) is 0 Å². The maximum atomic E-state index is 4.34. The molecule has 0 N–H and O–H groups in total. The summed E-state index contributed by atoms with van der Waals surface area (Å²) in [5.41, 5.74) is 3.89. The maximum Gasteiger partial charge on any atom is 0.0399 e. The van der Waals surface area contributed by atoms with Gasteiger partial charge >= 0.3 is 0 Å². The molecule has 2 nitrogen and oxygen atoms in total. The SMILES string of the molecule is CCCCCN(C)c1cccc(C=NCC)c1C. The Labute approximate surface area is 112 Å². The van der Waals surface area contributed by atoms with Crippen molar-refractivity contribution < 1.29 is 0 Å². The zero-order chi connectivity index (χ0) is 13.4. The Balaban J connectivity index is 2.79. The van der Waals surface area contributed by atoms with Crippen molar-refractivity contribution in [2.75, 3.05) is 25.0 Å². The summed E-state index contributed by atoms with van der Waals surface area (Å²) in [6.45, 7) is 8.46. The molecule has 2 heteroatoms. The Morgan fingerprint density at radius 1 is 1.22 bits per heavy atom. The predicted molar refractivity (Wildman–Crippen MR) is 82.1 cm³/mol. The first-order valence-corrected chi connectivity index (χ1v) is 7.01.